The third-order valence-electron chi connectivity index (χ3n) is 3.40. The van der Waals surface area contributed by atoms with Crippen LogP contribution in [0.4, 0.5) is 19.0 Å². The van der Waals surface area contributed by atoms with Gasteiger partial charge in [0, 0.05) is 6.04 Å². The van der Waals surface area contributed by atoms with Gasteiger partial charge in [-0.3, -0.25) is 0 Å². The van der Waals surface area contributed by atoms with Crippen molar-refractivity contribution in [3.8, 4) is 6.07 Å². The number of alkyl halides is 3. The van der Waals surface area contributed by atoms with Crippen LogP contribution in [-0.2, 0) is 0 Å². The lowest BCUT2D eigenvalue weighted by Crippen LogP contribution is -2.45. The van der Waals surface area contributed by atoms with E-state index in [4.69, 9.17) is 5.26 Å². The summed E-state index contributed by atoms with van der Waals surface area (Å²) in [7, 11) is 0. The van der Waals surface area contributed by atoms with Crippen molar-refractivity contribution in [3.05, 3.63) is 11.8 Å². The normalized spacial score (nSPS) is 23.4. The predicted molar refractivity (Wildman–Crippen MR) is 63.5 cm³/mol. The van der Waals surface area contributed by atoms with Gasteiger partial charge in [-0.25, -0.2) is 4.68 Å². The fourth-order valence-corrected chi connectivity index (χ4v) is 2.21. The Morgan fingerprint density at radius 3 is 2.53 bits per heavy atom. The predicted octanol–water partition coefficient (Wildman–Crippen LogP) is 3.09. The summed E-state index contributed by atoms with van der Waals surface area (Å²) in [5.74, 6) is 0.163. The molecule has 7 heteroatoms. The van der Waals surface area contributed by atoms with Crippen LogP contribution in [0.25, 0.3) is 0 Å². The second-order valence-electron chi connectivity index (χ2n) is 5.82. The Kier molecular flexibility index (Phi) is 3.00. The minimum Gasteiger partial charge on any atom is -0.366 e. The van der Waals surface area contributed by atoms with Crippen LogP contribution < -0.4 is 5.32 Å². The summed E-state index contributed by atoms with van der Waals surface area (Å²) >= 11 is 0. The molecule has 1 aromatic rings. The Labute approximate surface area is 109 Å². The molecular weight excluding hydrogens is 257 g/mol. The van der Waals surface area contributed by atoms with Gasteiger partial charge in [-0.15, -0.1) is 0 Å². The van der Waals surface area contributed by atoms with Gasteiger partial charge in [-0.05, 0) is 11.8 Å². The lowest BCUT2D eigenvalue weighted by atomic mass is 9.82. The molecule has 0 aromatic carbocycles. The van der Waals surface area contributed by atoms with E-state index in [1.54, 1.807) is 0 Å². The van der Waals surface area contributed by atoms with Crippen molar-refractivity contribution >= 4 is 5.82 Å². The largest absolute Gasteiger partial charge is 0.410 e. The van der Waals surface area contributed by atoms with Gasteiger partial charge < -0.3 is 5.32 Å². The third-order valence-corrected chi connectivity index (χ3v) is 3.40. The highest BCUT2D eigenvalue weighted by Gasteiger charge is 2.48. The molecule has 1 aliphatic heterocycles. The van der Waals surface area contributed by atoms with Crippen LogP contribution in [0.15, 0.2) is 6.20 Å². The van der Waals surface area contributed by atoms with Crippen LogP contribution in [0.1, 0.15) is 38.8 Å². The molecule has 2 heterocycles. The zero-order valence-electron chi connectivity index (χ0n) is 10.9. The van der Waals surface area contributed by atoms with Crippen molar-refractivity contribution < 1.29 is 13.2 Å². The topological polar surface area (TPSA) is 53.6 Å². The fourth-order valence-electron chi connectivity index (χ4n) is 2.21. The SMILES string of the molecule is CC(C)(C)[C@H]1C[C@@H](C(F)(F)F)n2ncc(C#N)c2N1. The first-order valence-corrected chi connectivity index (χ1v) is 5.95. The Hall–Kier alpha value is -1.71. The number of aromatic nitrogens is 2. The van der Waals surface area contributed by atoms with E-state index in [0.29, 0.717) is 0 Å². The number of fused-ring (bicyclic) bond motifs is 1. The molecule has 0 amide bonds. The van der Waals surface area contributed by atoms with E-state index in [0.717, 1.165) is 4.68 Å². The summed E-state index contributed by atoms with van der Waals surface area (Å²) in [6.45, 7) is 5.61. The number of rotatable bonds is 0. The zero-order chi connectivity index (χ0) is 14.4. The van der Waals surface area contributed by atoms with E-state index in [-0.39, 0.29) is 29.3 Å². The molecule has 0 radical (unpaired) electrons. The molecule has 2 atom stereocenters. The minimum absolute atomic E-state index is 0.0907. The maximum atomic E-state index is 13.1. The number of halogens is 3. The molecule has 104 valence electrons. The summed E-state index contributed by atoms with van der Waals surface area (Å²) in [5, 5.41) is 15.7. The molecule has 2 rings (SSSR count). The number of anilines is 1. The molecular formula is C12H15F3N4. The van der Waals surface area contributed by atoms with Crippen molar-refractivity contribution in [2.75, 3.05) is 5.32 Å². The molecule has 1 N–H and O–H groups in total. The summed E-state index contributed by atoms with van der Waals surface area (Å²) in [4.78, 5) is 0. The number of nitriles is 1. The average molecular weight is 272 g/mol. The summed E-state index contributed by atoms with van der Waals surface area (Å²) < 4.78 is 40.2. The molecule has 0 aliphatic carbocycles. The molecule has 0 unspecified atom stereocenters. The first-order chi connectivity index (χ1) is 8.64. The van der Waals surface area contributed by atoms with Gasteiger partial charge in [0.25, 0.3) is 0 Å². The van der Waals surface area contributed by atoms with Gasteiger partial charge in [0.15, 0.2) is 6.04 Å². The van der Waals surface area contributed by atoms with Crippen molar-refractivity contribution in [1.82, 2.24) is 9.78 Å². The Morgan fingerprint density at radius 2 is 2.05 bits per heavy atom. The van der Waals surface area contributed by atoms with Crippen LogP contribution in [0, 0.1) is 16.7 Å². The molecule has 0 saturated carbocycles. The van der Waals surface area contributed by atoms with Crippen LogP contribution in [0.3, 0.4) is 0 Å². The van der Waals surface area contributed by atoms with E-state index in [2.05, 4.69) is 10.4 Å². The van der Waals surface area contributed by atoms with Gasteiger partial charge in [0.05, 0.1) is 6.20 Å². The summed E-state index contributed by atoms with van der Waals surface area (Å²) in [6.07, 6.45) is -3.29. The lowest BCUT2D eigenvalue weighted by Gasteiger charge is -2.39. The maximum Gasteiger partial charge on any atom is 0.410 e. The molecule has 0 saturated heterocycles. The van der Waals surface area contributed by atoms with Gasteiger partial charge in [-0.2, -0.15) is 23.5 Å². The van der Waals surface area contributed by atoms with E-state index in [1.165, 1.54) is 6.20 Å². The smallest absolute Gasteiger partial charge is 0.366 e. The second-order valence-corrected chi connectivity index (χ2v) is 5.82. The van der Waals surface area contributed by atoms with Gasteiger partial charge in [0.2, 0.25) is 0 Å². The van der Waals surface area contributed by atoms with Crippen molar-refractivity contribution in [3.63, 3.8) is 0 Å². The van der Waals surface area contributed by atoms with Crippen LogP contribution in [0.2, 0.25) is 0 Å². The first kappa shape index (κ1) is 13.7. The monoisotopic (exact) mass is 272 g/mol. The summed E-state index contributed by atoms with van der Waals surface area (Å²) in [5.41, 5.74) is -0.200. The highest BCUT2D eigenvalue weighted by molar-refractivity contribution is 5.53. The average Bonchev–Trinajstić information content (AvgIpc) is 2.67. The third kappa shape index (κ3) is 2.39. The standard InChI is InChI=1S/C12H15F3N4/c1-11(2,3)8-4-9(12(13,14)15)19-10(18-8)7(5-16)6-17-19/h6,8-9,18H,4H2,1-3H3/t8-,9+/m1/s1. The molecule has 1 aromatic heterocycles. The van der Waals surface area contributed by atoms with Crippen LogP contribution >= 0.6 is 0 Å². The Bertz CT molecular complexity index is 519. The zero-order valence-corrected chi connectivity index (χ0v) is 10.9. The second kappa shape index (κ2) is 4.15. The number of hydrogen-bond donors (Lipinski definition) is 1. The first-order valence-electron chi connectivity index (χ1n) is 5.95. The van der Waals surface area contributed by atoms with Gasteiger partial charge in [0.1, 0.15) is 17.5 Å². The van der Waals surface area contributed by atoms with Crippen molar-refractivity contribution in [2.45, 2.75) is 45.5 Å². The quantitative estimate of drug-likeness (QED) is 0.789. The van der Waals surface area contributed by atoms with Crippen molar-refractivity contribution in [2.24, 2.45) is 5.41 Å². The fraction of sp³-hybridized carbons (Fsp3) is 0.667. The van der Waals surface area contributed by atoms with E-state index < -0.39 is 12.2 Å². The van der Waals surface area contributed by atoms with Crippen LogP contribution in [0.5, 0.6) is 0 Å². The molecule has 0 spiro atoms. The lowest BCUT2D eigenvalue weighted by molar-refractivity contribution is -0.175. The molecule has 4 nitrogen and oxygen atoms in total. The number of nitrogens with one attached hydrogen (secondary N) is 1. The van der Waals surface area contributed by atoms with E-state index in [1.807, 2.05) is 26.8 Å². The minimum atomic E-state index is -4.38. The van der Waals surface area contributed by atoms with Crippen molar-refractivity contribution in [1.29, 1.82) is 5.26 Å². The molecule has 19 heavy (non-hydrogen) atoms. The molecule has 0 bridgehead atoms. The maximum absolute atomic E-state index is 13.1. The molecule has 1 aliphatic rings. The highest BCUT2D eigenvalue weighted by Crippen LogP contribution is 2.43. The van der Waals surface area contributed by atoms with Gasteiger partial charge >= 0.3 is 6.18 Å². The van der Waals surface area contributed by atoms with Crippen LogP contribution in [-0.4, -0.2) is 22.0 Å². The number of hydrogen-bond acceptors (Lipinski definition) is 3. The Balaban J connectivity index is 2.49. The summed E-state index contributed by atoms with van der Waals surface area (Å²) in [6, 6.07) is -0.185. The highest BCUT2D eigenvalue weighted by atomic mass is 19.4. The van der Waals surface area contributed by atoms with E-state index in [9.17, 15) is 13.2 Å². The Morgan fingerprint density at radius 1 is 1.42 bits per heavy atom. The van der Waals surface area contributed by atoms with E-state index >= 15 is 0 Å². The number of nitrogens with zero attached hydrogens (tertiary/aromatic N) is 3. The van der Waals surface area contributed by atoms with Gasteiger partial charge in [-0.1, -0.05) is 20.8 Å². The molecule has 0 fully saturated rings.